The molecule has 0 bridgehead atoms. The Morgan fingerprint density at radius 3 is 2.58 bits per heavy atom. The van der Waals surface area contributed by atoms with E-state index in [-0.39, 0.29) is 43.2 Å². The molecule has 0 saturated heterocycles. The molecule has 0 aliphatic rings. The van der Waals surface area contributed by atoms with Crippen molar-refractivity contribution in [2.45, 2.75) is 33.9 Å². The first-order valence-corrected chi connectivity index (χ1v) is 12.5. The number of aliphatic hydroxyl groups excluding tert-OH is 1. The van der Waals surface area contributed by atoms with Crippen LogP contribution < -0.4 is 15.6 Å². The molecule has 0 atom stereocenters. The van der Waals surface area contributed by atoms with Crippen LogP contribution in [0.4, 0.5) is 9.18 Å². The summed E-state index contributed by atoms with van der Waals surface area (Å²) in [5.74, 6) is -0.589. The maximum atomic E-state index is 13.9. The minimum absolute atomic E-state index is 0.0131. The van der Waals surface area contributed by atoms with Gasteiger partial charge >= 0.3 is 6.09 Å². The zero-order chi connectivity index (χ0) is 28.0. The molecule has 0 fully saturated rings. The van der Waals surface area contributed by atoms with Gasteiger partial charge in [-0.15, -0.1) is 0 Å². The normalized spacial score (nSPS) is 10.8. The number of benzene rings is 2. The molecular weight excluding hydrogens is 563 g/mol. The van der Waals surface area contributed by atoms with Crippen molar-refractivity contribution in [2.75, 3.05) is 19.7 Å². The van der Waals surface area contributed by atoms with Crippen LogP contribution in [0.3, 0.4) is 0 Å². The Morgan fingerprint density at radius 1 is 1.18 bits per heavy atom. The molecule has 38 heavy (non-hydrogen) atoms. The van der Waals surface area contributed by atoms with Crippen molar-refractivity contribution in [3.05, 3.63) is 85.1 Å². The summed E-state index contributed by atoms with van der Waals surface area (Å²) < 4.78 is 21.1. The molecule has 0 aliphatic carbocycles. The number of carbonyl (C=O) groups is 2. The molecule has 1 heterocycles. The predicted molar refractivity (Wildman–Crippen MR) is 141 cm³/mol. The highest BCUT2D eigenvalue weighted by Crippen LogP contribution is 2.24. The Kier molecular flexibility index (Phi) is 9.59. The largest absolute Gasteiger partial charge is 0.472 e. The quantitative estimate of drug-likeness (QED) is 0.328. The van der Waals surface area contributed by atoms with Crippen molar-refractivity contribution in [3.8, 4) is 11.6 Å². The number of aliphatic hydroxyl groups is 1. The molecule has 12 heteroatoms. The number of rotatable bonds is 10. The second-order valence-corrected chi connectivity index (χ2v) is 9.19. The highest BCUT2D eigenvalue weighted by molar-refractivity contribution is 9.10. The fraction of sp³-hybridized carbons (Fsp3) is 0.308. The average molecular weight is 591 g/mol. The van der Waals surface area contributed by atoms with E-state index in [1.165, 1.54) is 22.8 Å². The van der Waals surface area contributed by atoms with Gasteiger partial charge in [0.05, 0.1) is 12.3 Å². The van der Waals surface area contributed by atoms with E-state index in [0.29, 0.717) is 28.2 Å². The first-order chi connectivity index (χ1) is 18.1. The van der Waals surface area contributed by atoms with Crippen LogP contribution >= 0.6 is 15.9 Å². The van der Waals surface area contributed by atoms with E-state index in [4.69, 9.17) is 9.84 Å². The molecule has 0 unspecified atom stereocenters. The van der Waals surface area contributed by atoms with Gasteiger partial charge in [-0.05, 0) is 77.7 Å². The lowest BCUT2D eigenvalue weighted by Crippen LogP contribution is -2.29. The van der Waals surface area contributed by atoms with Crippen LogP contribution in [0.5, 0.6) is 5.88 Å². The zero-order valence-corrected chi connectivity index (χ0v) is 22.7. The molecule has 3 aromatic rings. The molecule has 3 rings (SSSR count). The van der Waals surface area contributed by atoms with Crippen molar-refractivity contribution < 1.29 is 28.9 Å². The lowest BCUT2D eigenvalue weighted by atomic mass is 10.1. The van der Waals surface area contributed by atoms with Gasteiger partial charge in [0.15, 0.2) is 0 Å². The van der Waals surface area contributed by atoms with Gasteiger partial charge in [-0.1, -0.05) is 12.1 Å². The van der Waals surface area contributed by atoms with Crippen molar-refractivity contribution in [1.82, 2.24) is 19.8 Å². The van der Waals surface area contributed by atoms with Crippen LogP contribution in [0.2, 0.25) is 0 Å². The van der Waals surface area contributed by atoms with Gasteiger partial charge in [0.1, 0.15) is 22.7 Å². The minimum Gasteiger partial charge on any atom is -0.472 e. The number of carboxylic acid groups (broad SMARTS) is 1. The number of hydrogen-bond acceptors (Lipinski definition) is 6. The van der Waals surface area contributed by atoms with Crippen LogP contribution in [-0.2, 0) is 13.2 Å². The van der Waals surface area contributed by atoms with Gasteiger partial charge in [0.25, 0.3) is 11.5 Å². The Hall–Kier alpha value is -3.77. The number of amides is 2. The lowest BCUT2D eigenvalue weighted by molar-refractivity contribution is 0.0944. The number of halogens is 2. The molecule has 3 N–H and O–H groups in total. The van der Waals surface area contributed by atoms with Crippen molar-refractivity contribution in [3.63, 3.8) is 0 Å². The predicted octanol–water partition coefficient (Wildman–Crippen LogP) is 3.55. The van der Waals surface area contributed by atoms with E-state index in [2.05, 4.69) is 26.2 Å². The third kappa shape index (κ3) is 6.56. The smallest absolute Gasteiger partial charge is 0.407 e. The van der Waals surface area contributed by atoms with Gasteiger partial charge in [-0.25, -0.2) is 9.18 Å². The van der Waals surface area contributed by atoms with Gasteiger partial charge in [-0.3, -0.25) is 14.2 Å². The summed E-state index contributed by atoms with van der Waals surface area (Å²) in [6.45, 7) is 5.11. The van der Waals surface area contributed by atoms with E-state index < -0.39 is 23.4 Å². The van der Waals surface area contributed by atoms with Gasteiger partial charge in [0.2, 0.25) is 5.88 Å². The average Bonchev–Trinajstić information content (AvgIpc) is 2.88. The first kappa shape index (κ1) is 28.8. The zero-order valence-electron chi connectivity index (χ0n) is 21.1. The molecule has 0 saturated carbocycles. The van der Waals surface area contributed by atoms with E-state index in [1.54, 1.807) is 39.0 Å². The van der Waals surface area contributed by atoms with Crippen LogP contribution in [0.25, 0.3) is 5.69 Å². The summed E-state index contributed by atoms with van der Waals surface area (Å²) in [7, 11) is 0. The number of nitrogens with zero attached hydrogens (tertiary/aromatic N) is 3. The summed E-state index contributed by atoms with van der Waals surface area (Å²) in [6.07, 6.45) is -1.13. The molecule has 2 aromatic carbocycles. The Balaban J connectivity index is 1.92. The number of carbonyl (C=O) groups excluding carboxylic acids is 1. The van der Waals surface area contributed by atoms with Crippen molar-refractivity contribution in [2.24, 2.45) is 0 Å². The highest BCUT2D eigenvalue weighted by Gasteiger charge is 2.19. The maximum absolute atomic E-state index is 13.9. The molecule has 1 aromatic heterocycles. The van der Waals surface area contributed by atoms with E-state index in [1.807, 2.05) is 0 Å². The topological polar surface area (TPSA) is 134 Å². The number of aromatic nitrogens is 2. The number of ether oxygens (including phenoxy) is 1. The number of aryl methyl sites for hydroxylation is 2. The Bertz CT molecular complexity index is 1410. The summed E-state index contributed by atoms with van der Waals surface area (Å²) in [4.78, 5) is 42.7. The van der Waals surface area contributed by atoms with Crippen molar-refractivity contribution >= 4 is 27.9 Å². The van der Waals surface area contributed by atoms with E-state index in [0.717, 1.165) is 10.5 Å². The Morgan fingerprint density at radius 2 is 1.92 bits per heavy atom. The summed E-state index contributed by atoms with van der Waals surface area (Å²) in [5.41, 5.74) is 2.00. The lowest BCUT2D eigenvalue weighted by Gasteiger charge is -2.20. The molecule has 0 aliphatic heterocycles. The summed E-state index contributed by atoms with van der Waals surface area (Å²) in [6, 6.07) is 8.90. The first-order valence-electron chi connectivity index (χ1n) is 11.7. The second kappa shape index (κ2) is 12.7. The molecule has 0 radical (unpaired) electrons. The third-order valence-electron chi connectivity index (χ3n) is 5.82. The van der Waals surface area contributed by atoms with Crippen LogP contribution in [-0.4, -0.2) is 56.4 Å². The van der Waals surface area contributed by atoms with E-state index >= 15 is 0 Å². The van der Waals surface area contributed by atoms with Gasteiger partial charge < -0.3 is 25.2 Å². The fourth-order valence-corrected chi connectivity index (χ4v) is 4.15. The van der Waals surface area contributed by atoms with Crippen LogP contribution in [0, 0.1) is 19.7 Å². The summed E-state index contributed by atoms with van der Waals surface area (Å²) in [5, 5.41) is 20.9. The van der Waals surface area contributed by atoms with Gasteiger partial charge in [-0.2, -0.15) is 4.98 Å². The maximum Gasteiger partial charge on any atom is 0.407 e. The van der Waals surface area contributed by atoms with Gasteiger partial charge in [0, 0.05) is 25.2 Å². The van der Waals surface area contributed by atoms with E-state index in [9.17, 15) is 23.9 Å². The number of nitrogens with one attached hydrogen (secondary N) is 1. The SMILES string of the molecule is CCN(Cc1cc(F)ccc1COc1nc(C)n(-c2cc(C(=O)NCCO)ccc2C)c(=O)c1Br)C(=O)O. The second-order valence-electron chi connectivity index (χ2n) is 8.40. The number of hydrogen-bond donors (Lipinski definition) is 3. The monoisotopic (exact) mass is 590 g/mol. The third-order valence-corrected chi connectivity index (χ3v) is 6.50. The minimum atomic E-state index is -1.13. The summed E-state index contributed by atoms with van der Waals surface area (Å²) >= 11 is 3.27. The molecular formula is C26H28BrFN4O6. The standard InChI is InChI=1S/C26H28BrFN4O6/c1-4-31(26(36)37)13-19-11-20(28)8-7-18(19)14-38-24-22(27)25(35)32(16(3)30-24)21-12-17(6-5-15(21)2)23(34)29-9-10-33/h5-8,11-12,33H,4,9-10,13-14H2,1-3H3,(H,29,34)(H,36,37). The Labute approximate surface area is 226 Å². The van der Waals surface area contributed by atoms with Crippen molar-refractivity contribution in [1.29, 1.82) is 0 Å². The fourth-order valence-electron chi connectivity index (χ4n) is 3.77. The molecule has 202 valence electrons. The molecule has 2 amide bonds. The molecule has 10 nitrogen and oxygen atoms in total. The highest BCUT2D eigenvalue weighted by atomic mass is 79.9. The molecule has 0 spiro atoms. The van der Waals surface area contributed by atoms with Crippen LogP contribution in [0.15, 0.2) is 45.7 Å². The van der Waals surface area contributed by atoms with Crippen LogP contribution in [0.1, 0.15) is 39.8 Å².